The number of benzene rings is 1. The van der Waals surface area contributed by atoms with Crippen molar-refractivity contribution in [2.24, 2.45) is 0 Å². The zero-order chi connectivity index (χ0) is 14.8. The first-order valence-electron chi connectivity index (χ1n) is 6.11. The zero-order valence-corrected chi connectivity index (χ0v) is 12.1. The Morgan fingerprint density at radius 1 is 1.20 bits per heavy atom. The summed E-state index contributed by atoms with van der Waals surface area (Å²) >= 11 is 0. The highest BCUT2D eigenvalue weighted by atomic mass is 32.2. The lowest BCUT2D eigenvalue weighted by Gasteiger charge is -2.09. The number of nitrogens with zero attached hydrogens (tertiary/aromatic N) is 1. The third-order valence-electron chi connectivity index (χ3n) is 2.80. The number of anilines is 1. The molecule has 0 aliphatic heterocycles. The number of aryl methyl sites for hydroxylation is 1. The van der Waals surface area contributed by atoms with Gasteiger partial charge in [-0.25, -0.2) is 8.42 Å². The molecule has 0 aliphatic carbocycles. The van der Waals surface area contributed by atoms with Gasteiger partial charge >= 0.3 is 0 Å². The van der Waals surface area contributed by atoms with E-state index in [2.05, 4.69) is 9.71 Å². The van der Waals surface area contributed by atoms with E-state index in [0.29, 0.717) is 11.3 Å². The topological polar surface area (TPSA) is 79.3 Å². The molecule has 1 aromatic carbocycles. The van der Waals surface area contributed by atoms with Gasteiger partial charge in [-0.15, -0.1) is 0 Å². The normalized spacial score (nSPS) is 12.9. The maximum atomic E-state index is 12.2. The molecule has 0 saturated carbocycles. The molecule has 0 spiro atoms. The molecule has 2 rings (SSSR count). The van der Waals surface area contributed by atoms with Gasteiger partial charge in [0.05, 0.1) is 22.9 Å². The van der Waals surface area contributed by atoms with Crippen molar-refractivity contribution in [1.82, 2.24) is 4.98 Å². The quantitative estimate of drug-likeness (QED) is 0.905. The van der Waals surface area contributed by atoms with Crippen molar-refractivity contribution in [3.8, 4) is 0 Å². The number of rotatable bonds is 4. The molecule has 1 atom stereocenters. The Hall–Kier alpha value is -1.92. The van der Waals surface area contributed by atoms with Crippen LogP contribution in [0.4, 0.5) is 5.69 Å². The van der Waals surface area contributed by atoms with Crippen LogP contribution >= 0.6 is 0 Å². The average Bonchev–Trinajstić information content (AvgIpc) is 2.38. The fourth-order valence-corrected chi connectivity index (χ4v) is 2.78. The molecule has 1 aromatic heterocycles. The van der Waals surface area contributed by atoms with Crippen molar-refractivity contribution in [3.05, 3.63) is 53.9 Å². The van der Waals surface area contributed by atoms with Crippen LogP contribution in [0.2, 0.25) is 0 Å². The highest BCUT2D eigenvalue weighted by Gasteiger charge is 2.14. The lowest BCUT2D eigenvalue weighted by molar-refractivity contribution is 0.199. The van der Waals surface area contributed by atoms with E-state index >= 15 is 0 Å². The van der Waals surface area contributed by atoms with Crippen LogP contribution < -0.4 is 4.72 Å². The monoisotopic (exact) mass is 292 g/mol. The number of hydrogen-bond acceptors (Lipinski definition) is 4. The number of pyridine rings is 1. The number of aromatic nitrogens is 1. The molecule has 20 heavy (non-hydrogen) atoms. The van der Waals surface area contributed by atoms with Crippen molar-refractivity contribution in [1.29, 1.82) is 0 Å². The summed E-state index contributed by atoms with van der Waals surface area (Å²) in [6.07, 6.45) is 2.48. The second kappa shape index (κ2) is 5.60. The molecule has 106 valence electrons. The van der Waals surface area contributed by atoms with Crippen LogP contribution in [-0.4, -0.2) is 18.5 Å². The molecule has 2 N–H and O–H groups in total. The second-order valence-corrected chi connectivity index (χ2v) is 6.28. The van der Waals surface area contributed by atoms with E-state index < -0.39 is 16.1 Å². The van der Waals surface area contributed by atoms with Crippen LogP contribution in [0.25, 0.3) is 0 Å². The molecular formula is C14H16N2O3S. The Morgan fingerprint density at radius 2 is 1.85 bits per heavy atom. The van der Waals surface area contributed by atoms with Gasteiger partial charge in [0.1, 0.15) is 0 Å². The maximum absolute atomic E-state index is 12.2. The molecule has 0 saturated heterocycles. The van der Waals surface area contributed by atoms with Gasteiger partial charge in [0, 0.05) is 6.20 Å². The first-order chi connectivity index (χ1) is 9.38. The summed E-state index contributed by atoms with van der Waals surface area (Å²) in [4.78, 5) is 4.08. The molecule has 1 heterocycles. The highest BCUT2D eigenvalue weighted by Crippen LogP contribution is 2.19. The second-order valence-electron chi connectivity index (χ2n) is 4.60. The average molecular weight is 292 g/mol. The minimum Gasteiger partial charge on any atom is -0.389 e. The summed E-state index contributed by atoms with van der Waals surface area (Å²) in [7, 11) is -3.64. The predicted molar refractivity (Wildman–Crippen MR) is 76.9 cm³/mol. The summed E-state index contributed by atoms with van der Waals surface area (Å²) < 4.78 is 26.9. The Kier molecular flexibility index (Phi) is 4.06. The summed E-state index contributed by atoms with van der Waals surface area (Å²) in [6.45, 7) is 3.46. The van der Waals surface area contributed by atoms with Gasteiger partial charge in [0.2, 0.25) is 0 Å². The van der Waals surface area contributed by atoms with Crippen LogP contribution in [0.15, 0.2) is 47.6 Å². The van der Waals surface area contributed by atoms with Gasteiger partial charge in [-0.1, -0.05) is 12.1 Å². The fraction of sp³-hybridized carbons (Fsp3) is 0.214. The summed E-state index contributed by atoms with van der Waals surface area (Å²) in [6, 6.07) is 7.82. The third-order valence-corrected chi connectivity index (χ3v) is 4.20. The summed E-state index contributed by atoms with van der Waals surface area (Å²) in [5.41, 5.74) is 1.96. The van der Waals surface area contributed by atoms with Crippen molar-refractivity contribution in [2.45, 2.75) is 24.8 Å². The smallest absolute Gasteiger partial charge is 0.261 e. The van der Waals surface area contributed by atoms with E-state index in [1.54, 1.807) is 31.3 Å². The summed E-state index contributed by atoms with van der Waals surface area (Å²) in [5.74, 6) is 0. The Bertz CT molecular complexity index is 695. The number of aliphatic hydroxyl groups is 1. The Morgan fingerprint density at radius 3 is 2.40 bits per heavy atom. The number of aliphatic hydroxyl groups excluding tert-OH is 1. The first kappa shape index (κ1) is 14.5. The number of sulfonamides is 1. The Balaban J connectivity index is 2.26. The standard InChI is InChI=1S/C14H16N2O3S/c1-10-7-13(9-15-8-10)16-20(18,19)14-5-3-12(4-6-14)11(2)17/h3-9,11,16-17H,1-2H3. The molecule has 1 unspecified atom stereocenters. The zero-order valence-electron chi connectivity index (χ0n) is 11.2. The highest BCUT2D eigenvalue weighted by molar-refractivity contribution is 7.92. The van der Waals surface area contributed by atoms with Gasteiger partial charge < -0.3 is 5.11 Å². The van der Waals surface area contributed by atoms with Crippen LogP contribution in [0.5, 0.6) is 0 Å². The van der Waals surface area contributed by atoms with E-state index in [-0.39, 0.29) is 4.90 Å². The van der Waals surface area contributed by atoms with Gasteiger partial charge in [0.15, 0.2) is 0 Å². The molecular weight excluding hydrogens is 276 g/mol. The molecule has 2 aromatic rings. The first-order valence-corrected chi connectivity index (χ1v) is 7.59. The molecule has 5 nitrogen and oxygen atoms in total. The Labute approximate surface area is 118 Å². The van der Waals surface area contributed by atoms with Crippen LogP contribution in [0.1, 0.15) is 24.2 Å². The third kappa shape index (κ3) is 3.34. The van der Waals surface area contributed by atoms with Crippen LogP contribution in [-0.2, 0) is 10.0 Å². The van der Waals surface area contributed by atoms with E-state index in [1.807, 2.05) is 6.92 Å². The maximum Gasteiger partial charge on any atom is 0.261 e. The minimum absolute atomic E-state index is 0.142. The fourth-order valence-electron chi connectivity index (χ4n) is 1.75. The SMILES string of the molecule is Cc1cncc(NS(=O)(=O)c2ccc(C(C)O)cc2)c1. The molecule has 0 bridgehead atoms. The van der Waals surface area contributed by atoms with Crippen LogP contribution in [0.3, 0.4) is 0 Å². The molecule has 0 amide bonds. The van der Waals surface area contributed by atoms with Crippen LogP contribution in [0, 0.1) is 6.92 Å². The molecule has 6 heteroatoms. The molecule has 0 aliphatic rings. The summed E-state index contributed by atoms with van der Waals surface area (Å²) in [5, 5.41) is 9.41. The van der Waals surface area contributed by atoms with Gasteiger partial charge in [0.25, 0.3) is 10.0 Å². The van der Waals surface area contributed by atoms with E-state index in [1.165, 1.54) is 18.3 Å². The lowest BCUT2D eigenvalue weighted by atomic mass is 10.1. The molecule has 0 fully saturated rings. The van der Waals surface area contributed by atoms with Crippen molar-refractivity contribution in [2.75, 3.05) is 4.72 Å². The molecule has 0 radical (unpaired) electrons. The minimum atomic E-state index is -3.64. The van der Waals surface area contributed by atoms with Gasteiger partial charge in [-0.05, 0) is 43.2 Å². The van der Waals surface area contributed by atoms with Crippen molar-refractivity contribution >= 4 is 15.7 Å². The van der Waals surface area contributed by atoms with Crippen molar-refractivity contribution < 1.29 is 13.5 Å². The van der Waals surface area contributed by atoms with E-state index in [9.17, 15) is 13.5 Å². The largest absolute Gasteiger partial charge is 0.389 e. The number of hydrogen-bond donors (Lipinski definition) is 2. The van der Waals surface area contributed by atoms with E-state index in [0.717, 1.165) is 5.56 Å². The van der Waals surface area contributed by atoms with Crippen molar-refractivity contribution in [3.63, 3.8) is 0 Å². The van der Waals surface area contributed by atoms with Gasteiger partial charge in [-0.3, -0.25) is 9.71 Å². The van der Waals surface area contributed by atoms with Gasteiger partial charge in [-0.2, -0.15) is 0 Å². The number of nitrogens with one attached hydrogen (secondary N) is 1. The van der Waals surface area contributed by atoms with E-state index in [4.69, 9.17) is 0 Å². The lowest BCUT2D eigenvalue weighted by Crippen LogP contribution is -2.13. The predicted octanol–water partition coefficient (Wildman–Crippen LogP) is 2.24.